The van der Waals surface area contributed by atoms with Gasteiger partial charge in [-0.1, -0.05) is 31.1 Å². The fourth-order valence-electron chi connectivity index (χ4n) is 3.95. The van der Waals surface area contributed by atoms with Gasteiger partial charge in [-0.2, -0.15) is 0 Å². The Morgan fingerprint density at radius 1 is 1.23 bits per heavy atom. The maximum atomic E-state index is 11.7. The lowest BCUT2D eigenvalue weighted by atomic mass is 9.86. The van der Waals surface area contributed by atoms with Crippen molar-refractivity contribution in [1.82, 2.24) is 0 Å². The number of methoxy groups -OCH3 is 1. The van der Waals surface area contributed by atoms with Crippen molar-refractivity contribution in [2.24, 2.45) is 5.92 Å². The molecule has 6 nitrogen and oxygen atoms in total. The molecule has 1 fully saturated rings. The quantitative estimate of drug-likeness (QED) is 0.328. The average molecular weight is 439 g/mol. The third kappa shape index (κ3) is 10.5. The highest BCUT2D eigenvalue weighted by Gasteiger charge is 2.39. The van der Waals surface area contributed by atoms with Crippen LogP contribution in [0.25, 0.3) is 0 Å². The standard InChI is InChI=1S/C25H42O6/c1-18(2)10-12-23(30-20(4)26)19(3)9-8-15-25(6)24(31-21(5)27)13-11-22(17-29-25)14-16-28-7/h10,14,19,23-24H,8-9,11-13,15-17H2,1-7H3/t19?,23?,24-,25+/m1/s1. The molecule has 0 bridgehead atoms. The lowest BCUT2D eigenvalue weighted by Gasteiger charge is -2.35. The number of esters is 2. The minimum atomic E-state index is -0.551. The topological polar surface area (TPSA) is 71.1 Å². The Bertz CT molecular complexity index is 634. The molecular formula is C25H42O6. The molecule has 0 aromatic rings. The molecule has 0 N–H and O–H groups in total. The molecule has 0 amide bonds. The van der Waals surface area contributed by atoms with Gasteiger partial charge in [-0.15, -0.1) is 0 Å². The van der Waals surface area contributed by atoms with Crippen LogP contribution in [0.1, 0.15) is 80.1 Å². The smallest absolute Gasteiger partial charge is 0.303 e. The van der Waals surface area contributed by atoms with Crippen molar-refractivity contribution in [1.29, 1.82) is 0 Å². The molecular weight excluding hydrogens is 396 g/mol. The maximum Gasteiger partial charge on any atom is 0.303 e. The van der Waals surface area contributed by atoms with Crippen LogP contribution in [-0.4, -0.2) is 50.1 Å². The van der Waals surface area contributed by atoms with E-state index in [-0.39, 0.29) is 30.1 Å². The molecule has 0 aromatic heterocycles. The molecule has 0 saturated carbocycles. The SMILES string of the molecule is COCC=C1CC[C@@H](OC(C)=O)[C@](C)(CCCC(C)C(CC=C(C)C)OC(C)=O)OC1. The molecule has 6 heteroatoms. The van der Waals surface area contributed by atoms with E-state index in [4.69, 9.17) is 18.9 Å². The largest absolute Gasteiger partial charge is 0.462 e. The molecule has 1 aliphatic heterocycles. The molecule has 4 atom stereocenters. The van der Waals surface area contributed by atoms with E-state index in [0.29, 0.717) is 13.2 Å². The van der Waals surface area contributed by atoms with E-state index in [1.54, 1.807) is 7.11 Å². The first kappa shape index (κ1) is 27.4. The minimum absolute atomic E-state index is 0.136. The number of carbonyl (C=O) groups excluding carboxylic acids is 2. The van der Waals surface area contributed by atoms with Crippen LogP contribution < -0.4 is 0 Å². The van der Waals surface area contributed by atoms with Gasteiger partial charge >= 0.3 is 11.9 Å². The van der Waals surface area contributed by atoms with Crippen molar-refractivity contribution in [2.75, 3.05) is 20.3 Å². The lowest BCUT2D eigenvalue weighted by molar-refractivity contribution is -0.168. The number of hydrogen-bond acceptors (Lipinski definition) is 6. The van der Waals surface area contributed by atoms with Gasteiger partial charge in [-0.05, 0) is 57.9 Å². The monoisotopic (exact) mass is 438 g/mol. The highest BCUT2D eigenvalue weighted by molar-refractivity contribution is 5.66. The first-order valence-electron chi connectivity index (χ1n) is 11.4. The summed E-state index contributed by atoms with van der Waals surface area (Å²) in [6.07, 6.45) is 8.57. The summed E-state index contributed by atoms with van der Waals surface area (Å²) in [5.74, 6) is -0.310. The lowest BCUT2D eigenvalue weighted by Crippen LogP contribution is -2.43. The molecule has 0 radical (unpaired) electrons. The van der Waals surface area contributed by atoms with Gasteiger partial charge in [0.15, 0.2) is 0 Å². The van der Waals surface area contributed by atoms with E-state index < -0.39 is 5.60 Å². The number of carbonyl (C=O) groups is 2. The van der Waals surface area contributed by atoms with Crippen molar-refractivity contribution < 1.29 is 28.5 Å². The van der Waals surface area contributed by atoms with Gasteiger partial charge in [0.1, 0.15) is 17.8 Å². The Kier molecular flexibility index (Phi) is 12.1. The number of allylic oxidation sites excluding steroid dienone is 1. The molecule has 0 aromatic carbocycles. The average Bonchev–Trinajstić information content (AvgIpc) is 2.82. The van der Waals surface area contributed by atoms with E-state index in [1.165, 1.54) is 25.0 Å². The van der Waals surface area contributed by atoms with Crippen molar-refractivity contribution >= 4 is 11.9 Å². The van der Waals surface area contributed by atoms with E-state index in [9.17, 15) is 9.59 Å². The fourth-order valence-corrected chi connectivity index (χ4v) is 3.95. The van der Waals surface area contributed by atoms with Gasteiger partial charge in [0.2, 0.25) is 0 Å². The molecule has 2 unspecified atom stereocenters. The zero-order valence-electron chi connectivity index (χ0n) is 20.5. The summed E-state index contributed by atoms with van der Waals surface area (Å²) >= 11 is 0. The van der Waals surface area contributed by atoms with Crippen molar-refractivity contribution in [3.63, 3.8) is 0 Å². The van der Waals surface area contributed by atoms with Crippen LogP contribution >= 0.6 is 0 Å². The van der Waals surface area contributed by atoms with Crippen LogP contribution in [0.2, 0.25) is 0 Å². The summed E-state index contributed by atoms with van der Waals surface area (Å²) in [5, 5.41) is 0. The number of ether oxygens (including phenoxy) is 4. The molecule has 0 aliphatic carbocycles. The zero-order chi connectivity index (χ0) is 23.4. The second-order valence-electron chi connectivity index (χ2n) is 9.09. The first-order valence-corrected chi connectivity index (χ1v) is 11.4. The Hall–Kier alpha value is -1.66. The maximum absolute atomic E-state index is 11.7. The van der Waals surface area contributed by atoms with Gasteiger partial charge in [-0.25, -0.2) is 0 Å². The minimum Gasteiger partial charge on any atom is -0.462 e. The van der Waals surface area contributed by atoms with Crippen molar-refractivity contribution in [3.8, 4) is 0 Å². The van der Waals surface area contributed by atoms with Crippen LogP contribution in [0.15, 0.2) is 23.3 Å². The van der Waals surface area contributed by atoms with E-state index in [1.807, 2.05) is 26.8 Å². The predicted molar refractivity (Wildman–Crippen MR) is 122 cm³/mol. The van der Waals surface area contributed by atoms with Gasteiger partial charge in [-0.3, -0.25) is 9.59 Å². The molecule has 31 heavy (non-hydrogen) atoms. The highest BCUT2D eigenvalue weighted by Crippen LogP contribution is 2.34. The van der Waals surface area contributed by atoms with Crippen LogP contribution in [0, 0.1) is 5.92 Å². The molecule has 0 spiro atoms. The summed E-state index contributed by atoms with van der Waals surface area (Å²) in [6.45, 7) is 12.2. The summed E-state index contributed by atoms with van der Waals surface area (Å²) in [4.78, 5) is 23.2. The Morgan fingerprint density at radius 3 is 2.52 bits per heavy atom. The summed E-state index contributed by atoms with van der Waals surface area (Å²) in [6, 6.07) is 0. The van der Waals surface area contributed by atoms with Gasteiger partial charge in [0, 0.05) is 27.4 Å². The van der Waals surface area contributed by atoms with E-state index in [2.05, 4.69) is 13.0 Å². The van der Waals surface area contributed by atoms with Crippen LogP contribution in [-0.2, 0) is 28.5 Å². The molecule has 1 saturated heterocycles. The van der Waals surface area contributed by atoms with Gasteiger partial charge < -0.3 is 18.9 Å². The van der Waals surface area contributed by atoms with Crippen LogP contribution in [0.4, 0.5) is 0 Å². The van der Waals surface area contributed by atoms with E-state index in [0.717, 1.165) is 38.5 Å². The molecule has 1 heterocycles. The second kappa shape index (κ2) is 13.7. The van der Waals surface area contributed by atoms with E-state index >= 15 is 0 Å². The normalized spacial score (nSPS) is 24.7. The van der Waals surface area contributed by atoms with Crippen LogP contribution in [0.5, 0.6) is 0 Å². The van der Waals surface area contributed by atoms with Crippen molar-refractivity contribution in [2.45, 2.75) is 97.9 Å². The summed E-state index contributed by atoms with van der Waals surface area (Å²) in [5.41, 5.74) is 1.84. The third-order valence-corrected chi connectivity index (χ3v) is 5.89. The van der Waals surface area contributed by atoms with Crippen LogP contribution in [0.3, 0.4) is 0 Å². The molecule has 1 aliphatic rings. The zero-order valence-corrected chi connectivity index (χ0v) is 20.5. The Labute approximate surface area is 188 Å². The number of hydrogen-bond donors (Lipinski definition) is 0. The van der Waals surface area contributed by atoms with Gasteiger partial charge in [0.25, 0.3) is 0 Å². The fraction of sp³-hybridized carbons (Fsp3) is 0.760. The third-order valence-electron chi connectivity index (χ3n) is 5.89. The number of rotatable bonds is 11. The molecule has 178 valence electrons. The predicted octanol–water partition coefficient (Wildman–Crippen LogP) is 5.15. The Morgan fingerprint density at radius 2 is 1.94 bits per heavy atom. The second-order valence-corrected chi connectivity index (χ2v) is 9.09. The Balaban J connectivity index is 2.79. The summed E-state index contributed by atoms with van der Waals surface area (Å²) in [7, 11) is 1.67. The summed E-state index contributed by atoms with van der Waals surface area (Å²) < 4.78 is 22.7. The van der Waals surface area contributed by atoms with Gasteiger partial charge in [0.05, 0.1) is 13.2 Å². The first-order chi connectivity index (χ1) is 14.6. The molecule has 1 rings (SSSR count). The highest BCUT2D eigenvalue weighted by atomic mass is 16.6. The van der Waals surface area contributed by atoms with Crippen molar-refractivity contribution in [3.05, 3.63) is 23.3 Å².